The van der Waals surface area contributed by atoms with E-state index in [1.54, 1.807) is 30.3 Å². The Hall–Kier alpha value is -1.81. The van der Waals surface area contributed by atoms with Gasteiger partial charge in [0.05, 0.1) is 17.1 Å². The molecule has 0 unspecified atom stereocenters. The Labute approximate surface area is 170 Å². The summed E-state index contributed by atoms with van der Waals surface area (Å²) in [6.45, 7) is 5.69. The molecule has 0 radical (unpaired) electrons. The van der Waals surface area contributed by atoms with Crippen LogP contribution in [0.3, 0.4) is 0 Å². The molecule has 1 saturated heterocycles. The molecule has 2 aromatic rings. The molecule has 1 aromatic heterocycles. The summed E-state index contributed by atoms with van der Waals surface area (Å²) in [5.41, 5.74) is 1.02. The molecule has 0 atom stereocenters. The average Bonchev–Trinajstić information content (AvgIpc) is 3.03. The van der Waals surface area contributed by atoms with Crippen molar-refractivity contribution in [3.05, 3.63) is 40.9 Å². The normalized spacial score (nSPS) is 16.2. The molecule has 0 spiro atoms. The number of rotatable bonds is 7. The maximum absolute atomic E-state index is 12.4. The van der Waals surface area contributed by atoms with Crippen LogP contribution in [0.25, 0.3) is 0 Å². The summed E-state index contributed by atoms with van der Waals surface area (Å²) in [4.78, 5) is 20.2. The van der Waals surface area contributed by atoms with Gasteiger partial charge in [0, 0.05) is 24.0 Å². The number of thiazole rings is 1. The zero-order valence-corrected chi connectivity index (χ0v) is 17.8. The Morgan fingerprint density at radius 2 is 1.93 bits per heavy atom. The number of aromatic nitrogens is 1. The van der Waals surface area contributed by atoms with Crippen LogP contribution in [0.5, 0.6) is 0 Å². The van der Waals surface area contributed by atoms with Crippen molar-refractivity contribution in [2.24, 2.45) is 0 Å². The van der Waals surface area contributed by atoms with Crippen molar-refractivity contribution in [3.63, 3.8) is 0 Å². The first kappa shape index (κ1) is 20.9. The minimum absolute atomic E-state index is 0.0836. The van der Waals surface area contributed by atoms with Crippen LogP contribution in [-0.4, -0.2) is 49.9 Å². The van der Waals surface area contributed by atoms with Crippen molar-refractivity contribution in [1.82, 2.24) is 14.6 Å². The van der Waals surface area contributed by atoms with Gasteiger partial charge in [0.25, 0.3) is 0 Å². The standard InChI is InChI=1S/C19H26N4O3S2/c1-3-17-14(2)27-19(20-17)21-18(24)13-23-11-9-15(10-12-23)22-28(25,26)16-7-5-4-6-8-16/h4-8,15,22H,3,9-13H2,1-2H3,(H,20,21,24). The molecular weight excluding hydrogens is 396 g/mol. The Kier molecular flexibility index (Phi) is 6.82. The second-order valence-electron chi connectivity index (χ2n) is 6.91. The molecule has 0 aliphatic carbocycles. The summed E-state index contributed by atoms with van der Waals surface area (Å²) in [5.74, 6) is -0.0836. The van der Waals surface area contributed by atoms with E-state index < -0.39 is 10.0 Å². The fraction of sp³-hybridized carbons (Fsp3) is 0.474. The van der Waals surface area contributed by atoms with Gasteiger partial charge >= 0.3 is 0 Å². The van der Waals surface area contributed by atoms with Gasteiger partial charge < -0.3 is 5.32 Å². The van der Waals surface area contributed by atoms with E-state index in [1.807, 2.05) is 18.7 Å². The number of likely N-dealkylation sites (tertiary alicyclic amines) is 1. The van der Waals surface area contributed by atoms with Crippen LogP contribution >= 0.6 is 11.3 Å². The zero-order chi connectivity index (χ0) is 20.1. The van der Waals surface area contributed by atoms with Crippen molar-refractivity contribution >= 4 is 32.4 Å². The van der Waals surface area contributed by atoms with E-state index in [0.717, 1.165) is 17.0 Å². The van der Waals surface area contributed by atoms with Gasteiger partial charge in [-0.1, -0.05) is 25.1 Å². The number of carbonyl (C=O) groups excluding carboxylic acids is 1. The predicted molar refractivity (Wildman–Crippen MR) is 111 cm³/mol. The number of hydrogen-bond acceptors (Lipinski definition) is 6. The lowest BCUT2D eigenvalue weighted by molar-refractivity contribution is -0.117. The summed E-state index contributed by atoms with van der Waals surface area (Å²) in [6, 6.07) is 8.28. The van der Waals surface area contributed by atoms with Crippen LogP contribution in [0.4, 0.5) is 5.13 Å². The molecule has 1 amide bonds. The van der Waals surface area contributed by atoms with E-state index in [0.29, 0.717) is 31.1 Å². The Bertz CT molecular complexity index is 905. The van der Waals surface area contributed by atoms with Crippen molar-refractivity contribution in [2.45, 2.75) is 44.0 Å². The van der Waals surface area contributed by atoms with Gasteiger partial charge in [0.15, 0.2) is 5.13 Å². The largest absolute Gasteiger partial charge is 0.301 e. The molecule has 7 nitrogen and oxygen atoms in total. The van der Waals surface area contributed by atoms with Crippen molar-refractivity contribution in [2.75, 3.05) is 25.0 Å². The first-order chi connectivity index (χ1) is 13.4. The molecule has 1 fully saturated rings. The number of anilines is 1. The monoisotopic (exact) mass is 422 g/mol. The van der Waals surface area contributed by atoms with Gasteiger partial charge in [-0.2, -0.15) is 0 Å². The third-order valence-electron chi connectivity index (χ3n) is 4.80. The number of piperidine rings is 1. The summed E-state index contributed by atoms with van der Waals surface area (Å²) in [6.07, 6.45) is 2.20. The van der Waals surface area contributed by atoms with Gasteiger partial charge in [-0.3, -0.25) is 9.69 Å². The molecule has 9 heteroatoms. The summed E-state index contributed by atoms with van der Waals surface area (Å²) in [7, 11) is -3.50. The van der Waals surface area contributed by atoms with E-state index in [1.165, 1.54) is 11.3 Å². The molecule has 3 rings (SSSR count). The molecule has 2 N–H and O–H groups in total. The average molecular weight is 423 g/mol. The van der Waals surface area contributed by atoms with Crippen molar-refractivity contribution in [3.8, 4) is 0 Å². The number of nitrogens with one attached hydrogen (secondary N) is 2. The van der Waals surface area contributed by atoms with Gasteiger partial charge in [-0.25, -0.2) is 18.1 Å². The van der Waals surface area contributed by atoms with Crippen LogP contribution in [0, 0.1) is 6.92 Å². The summed E-state index contributed by atoms with van der Waals surface area (Å²) < 4.78 is 27.6. The first-order valence-corrected chi connectivity index (χ1v) is 11.7. The van der Waals surface area contributed by atoms with Gasteiger partial charge in [-0.05, 0) is 38.3 Å². The van der Waals surface area contributed by atoms with E-state index in [-0.39, 0.29) is 23.4 Å². The van der Waals surface area contributed by atoms with Gasteiger partial charge in [0.2, 0.25) is 15.9 Å². The van der Waals surface area contributed by atoms with Crippen LogP contribution < -0.4 is 10.0 Å². The summed E-state index contributed by atoms with van der Waals surface area (Å²) >= 11 is 1.50. The lowest BCUT2D eigenvalue weighted by Gasteiger charge is -2.31. The SMILES string of the molecule is CCc1nc(NC(=O)CN2CCC(NS(=O)(=O)c3ccccc3)CC2)sc1C. The van der Waals surface area contributed by atoms with Gasteiger partial charge in [0.1, 0.15) is 0 Å². The lowest BCUT2D eigenvalue weighted by Crippen LogP contribution is -2.46. The zero-order valence-electron chi connectivity index (χ0n) is 16.1. The third kappa shape index (κ3) is 5.38. The lowest BCUT2D eigenvalue weighted by atomic mass is 10.1. The Morgan fingerprint density at radius 1 is 1.25 bits per heavy atom. The molecule has 2 heterocycles. The fourth-order valence-electron chi connectivity index (χ4n) is 3.27. The first-order valence-electron chi connectivity index (χ1n) is 9.43. The van der Waals surface area contributed by atoms with Crippen LogP contribution in [-0.2, 0) is 21.2 Å². The molecule has 1 aliphatic heterocycles. The van der Waals surface area contributed by atoms with Crippen LogP contribution in [0.2, 0.25) is 0 Å². The number of sulfonamides is 1. The van der Waals surface area contributed by atoms with E-state index in [4.69, 9.17) is 0 Å². The van der Waals surface area contributed by atoms with Crippen LogP contribution in [0.15, 0.2) is 35.2 Å². The summed E-state index contributed by atoms with van der Waals surface area (Å²) in [5, 5.41) is 3.51. The number of hydrogen-bond donors (Lipinski definition) is 2. The number of amides is 1. The van der Waals surface area contributed by atoms with Gasteiger partial charge in [-0.15, -0.1) is 11.3 Å². The highest BCUT2D eigenvalue weighted by atomic mass is 32.2. The van der Waals surface area contributed by atoms with E-state index in [9.17, 15) is 13.2 Å². The third-order valence-corrected chi connectivity index (χ3v) is 7.27. The smallest absolute Gasteiger partial charge is 0.240 e. The molecule has 1 aliphatic rings. The minimum atomic E-state index is -3.50. The molecule has 152 valence electrons. The highest BCUT2D eigenvalue weighted by molar-refractivity contribution is 7.89. The fourth-order valence-corrected chi connectivity index (χ4v) is 5.51. The topological polar surface area (TPSA) is 91.4 Å². The molecule has 0 saturated carbocycles. The molecule has 28 heavy (non-hydrogen) atoms. The molecular formula is C19H26N4O3S2. The minimum Gasteiger partial charge on any atom is -0.301 e. The highest BCUT2D eigenvalue weighted by Crippen LogP contribution is 2.22. The Balaban J connectivity index is 1.46. The van der Waals surface area contributed by atoms with E-state index in [2.05, 4.69) is 15.0 Å². The number of aryl methyl sites for hydroxylation is 2. The maximum Gasteiger partial charge on any atom is 0.240 e. The predicted octanol–water partition coefficient (Wildman–Crippen LogP) is 2.40. The van der Waals surface area contributed by atoms with Crippen molar-refractivity contribution < 1.29 is 13.2 Å². The highest BCUT2D eigenvalue weighted by Gasteiger charge is 2.25. The van der Waals surface area contributed by atoms with Crippen molar-refractivity contribution in [1.29, 1.82) is 0 Å². The van der Waals surface area contributed by atoms with Crippen LogP contribution in [0.1, 0.15) is 30.3 Å². The number of carbonyl (C=O) groups is 1. The number of benzene rings is 1. The maximum atomic E-state index is 12.4. The molecule has 1 aromatic carbocycles. The second-order valence-corrected chi connectivity index (χ2v) is 9.83. The second kappa shape index (κ2) is 9.13. The van der Waals surface area contributed by atoms with E-state index >= 15 is 0 Å². The number of nitrogens with zero attached hydrogens (tertiary/aromatic N) is 2. The Morgan fingerprint density at radius 3 is 2.54 bits per heavy atom. The molecule has 0 bridgehead atoms. The quantitative estimate of drug-likeness (QED) is 0.715.